The summed E-state index contributed by atoms with van der Waals surface area (Å²) in [6, 6.07) is 6.52. The molecule has 3 rings (SSSR count). The monoisotopic (exact) mass is 439 g/mol. The second-order valence-electron chi connectivity index (χ2n) is 7.78. The van der Waals surface area contributed by atoms with Crippen LogP contribution in [0.3, 0.4) is 0 Å². The summed E-state index contributed by atoms with van der Waals surface area (Å²) < 4.78 is 0. The van der Waals surface area contributed by atoms with Crippen LogP contribution in [0, 0.1) is 6.92 Å². The molecule has 2 N–H and O–H groups in total. The minimum Gasteiger partial charge on any atom is -0.345 e. The van der Waals surface area contributed by atoms with Crippen LogP contribution in [0.5, 0.6) is 0 Å². The highest BCUT2D eigenvalue weighted by Crippen LogP contribution is 2.18. The summed E-state index contributed by atoms with van der Waals surface area (Å²) in [7, 11) is 3.35. The van der Waals surface area contributed by atoms with Gasteiger partial charge in [-0.2, -0.15) is 0 Å². The van der Waals surface area contributed by atoms with Crippen molar-refractivity contribution in [1.29, 1.82) is 0 Å². The van der Waals surface area contributed by atoms with E-state index in [0.29, 0.717) is 43.4 Å². The van der Waals surface area contributed by atoms with Crippen LogP contribution in [0.1, 0.15) is 22.3 Å². The fourth-order valence-electron chi connectivity index (χ4n) is 3.37. The third kappa shape index (κ3) is 5.93. The number of nitrogens with zero attached hydrogens (tertiary/aromatic N) is 5. The van der Waals surface area contributed by atoms with Crippen LogP contribution >= 0.6 is 0 Å². The van der Waals surface area contributed by atoms with E-state index in [4.69, 9.17) is 0 Å². The first-order valence-corrected chi connectivity index (χ1v) is 10.5. The van der Waals surface area contributed by atoms with Gasteiger partial charge in [-0.15, -0.1) is 0 Å². The average Bonchev–Trinajstić information content (AvgIpc) is 2.80. The van der Waals surface area contributed by atoms with Crippen molar-refractivity contribution in [3.63, 3.8) is 0 Å². The van der Waals surface area contributed by atoms with E-state index in [1.807, 2.05) is 11.8 Å². The van der Waals surface area contributed by atoms with Crippen molar-refractivity contribution < 1.29 is 14.4 Å². The predicted octanol–water partition coefficient (Wildman–Crippen LogP) is 1.35. The molecule has 0 bridgehead atoms. The smallest absolute Gasteiger partial charge is 0.319 e. The highest BCUT2D eigenvalue weighted by Gasteiger charge is 2.22. The van der Waals surface area contributed by atoms with Gasteiger partial charge in [0, 0.05) is 76.9 Å². The standard InChI is InChI=1S/C22H29N7O3/c1-16-5-6-17(20(31)27(2)3)15-18(16)26-22(32)25-10-7-19(30)28-11-13-29(14-12-28)21-23-8-4-9-24-21/h4-6,8-9,15H,7,10-14H2,1-3H3,(H2,25,26,32). The molecule has 32 heavy (non-hydrogen) atoms. The van der Waals surface area contributed by atoms with Gasteiger partial charge in [-0.05, 0) is 30.7 Å². The molecule has 0 radical (unpaired) electrons. The molecule has 1 aromatic carbocycles. The molecular formula is C22H29N7O3. The van der Waals surface area contributed by atoms with Gasteiger partial charge in [0.25, 0.3) is 5.91 Å². The lowest BCUT2D eigenvalue weighted by Crippen LogP contribution is -2.49. The number of anilines is 2. The molecule has 10 nitrogen and oxygen atoms in total. The molecule has 1 saturated heterocycles. The Morgan fingerprint density at radius 1 is 1.06 bits per heavy atom. The molecule has 10 heteroatoms. The van der Waals surface area contributed by atoms with Crippen LogP contribution in [-0.2, 0) is 4.79 Å². The van der Waals surface area contributed by atoms with Gasteiger partial charge in [0.05, 0.1) is 0 Å². The lowest BCUT2D eigenvalue weighted by molar-refractivity contribution is -0.131. The molecule has 170 valence electrons. The Morgan fingerprint density at radius 2 is 1.75 bits per heavy atom. The Morgan fingerprint density at radius 3 is 2.41 bits per heavy atom. The molecule has 0 spiro atoms. The van der Waals surface area contributed by atoms with Crippen LogP contribution < -0.4 is 15.5 Å². The lowest BCUT2D eigenvalue weighted by atomic mass is 10.1. The number of carbonyl (C=O) groups is 3. The number of nitrogens with one attached hydrogen (secondary N) is 2. The molecule has 2 aromatic rings. The highest BCUT2D eigenvalue weighted by atomic mass is 16.2. The lowest BCUT2D eigenvalue weighted by Gasteiger charge is -2.34. The molecular weight excluding hydrogens is 410 g/mol. The van der Waals surface area contributed by atoms with Gasteiger partial charge >= 0.3 is 6.03 Å². The Bertz CT molecular complexity index is 957. The van der Waals surface area contributed by atoms with Crippen molar-refractivity contribution in [2.75, 3.05) is 57.0 Å². The minimum atomic E-state index is -0.415. The maximum Gasteiger partial charge on any atom is 0.319 e. The van der Waals surface area contributed by atoms with Gasteiger partial charge in [0.15, 0.2) is 0 Å². The largest absolute Gasteiger partial charge is 0.345 e. The zero-order chi connectivity index (χ0) is 23.1. The summed E-state index contributed by atoms with van der Waals surface area (Å²) in [5.41, 5.74) is 1.89. The second kappa shape index (κ2) is 10.6. The van der Waals surface area contributed by atoms with Crippen molar-refractivity contribution >= 4 is 29.5 Å². The fraction of sp³-hybridized carbons (Fsp3) is 0.409. The van der Waals surface area contributed by atoms with Crippen LogP contribution in [0.4, 0.5) is 16.4 Å². The van der Waals surface area contributed by atoms with Crippen LogP contribution in [-0.4, -0.2) is 84.4 Å². The number of rotatable bonds is 6. The molecule has 1 aromatic heterocycles. The van der Waals surface area contributed by atoms with Crippen LogP contribution in [0.15, 0.2) is 36.7 Å². The van der Waals surface area contributed by atoms with E-state index in [2.05, 4.69) is 20.6 Å². The van der Waals surface area contributed by atoms with Crippen molar-refractivity contribution in [2.24, 2.45) is 0 Å². The molecule has 0 unspecified atom stereocenters. The van der Waals surface area contributed by atoms with E-state index in [1.54, 1.807) is 55.7 Å². The first-order chi connectivity index (χ1) is 15.3. The summed E-state index contributed by atoms with van der Waals surface area (Å²) in [6.07, 6.45) is 3.62. The van der Waals surface area contributed by atoms with E-state index in [-0.39, 0.29) is 24.8 Å². The molecule has 4 amide bonds. The minimum absolute atomic E-state index is 0.00584. The highest BCUT2D eigenvalue weighted by molar-refractivity contribution is 5.97. The number of aryl methyl sites for hydroxylation is 1. The van der Waals surface area contributed by atoms with E-state index < -0.39 is 6.03 Å². The van der Waals surface area contributed by atoms with Crippen molar-refractivity contribution in [2.45, 2.75) is 13.3 Å². The molecule has 0 aliphatic carbocycles. The molecule has 2 heterocycles. The van der Waals surface area contributed by atoms with E-state index in [9.17, 15) is 14.4 Å². The van der Waals surface area contributed by atoms with Gasteiger partial charge < -0.3 is 25.3 Å². The first-order valence-electron chi connectivity index (χ1n) is 10.5. The molecule has 1 aliphatic rings. The fourth-order valence-corrected chi connectivity index (χ4v) is 3.37. The molecule has 1 fully saturated rings. The van der Waals surface area contributed by atoms with Gasteiger partial charge in [-0.25, -0.2) is 14.8 Å². The summed E-state index contributed by atoms with van der Waals surface area (Å²) in [4.78, 5) is 50.7. The average molecular weight is 440 g/mol. The first kappa shape index (κ1) is 23.0. The SMILES string of the molecule is Cc1ccc(C(=O)N(C)C)cc1NC(=O)NCCC(=O)N1CCN(c2ncccn2)CC1. The summed E-state index contributed by atoms with van der Waals surface area (Å²) in [6.45, 7) is 4.60. The maximum absolute atomic E-state index is 12.5. The zero-order valence-corrected chi connectivity index (χ0v) is 18.7. The number of carbonyl (C=O) groups excluding carboxylic acids is 3. The van der Waals surface area contributed by atoms with Crippen LogP contribution in [0.2, 0.25) is 0 Å². The number of hydrogen-bond donors (Lipinski definition) is 2. The normalized spacial score (nSPS) is 13.5. The van der Waals surface area contributed by atoms with E-state index in [1.165, 1.54) is 4.90 Å². The number of aromatic nitrogens is 2. The van der Waals surface area contributed by atoms with Gasteiger partial charge in [-0.3, -0.25) is 9.59 Å². The van der Waals surface area contributed by atoms with Crippen molar-refractivity contribution in [1.82, 2.24) is 25.1 Å². The zero-order valence-electron chi connectivity index (χ0n) is 18.7. The molecule has 0 atom stereocenters. The summed E-state index contributed by atoms with van der Waals surface area (Å²) in [5, 5.41) is 5.47. The molecule has 1 aliphatic heterocycles. The Balaban J connectivity index is 1.43. The predicted molar refractivity (Wildman–Crippen MR) is 122 cm³/mol. The quantitative estimate of drug-likeness (QED) is 0.703. The summed E-state index contributed by atoms with van der Waals surface area (Å²) in [5.74, 6) is 0.524. The Hall–Kier alpha value is -3.69. The second-order valence-corrected chi connectivity index (χ2v) is 7.78. The van der Waals surface area contributed by atoms with Gasteiger partial charge in [0.1, 0.15) is 0 Å². The third-order valence-electron chi connectivity index (χ3n) is 5.23. The Labute approximate surface area is 187 Å². The Kier molecular flexibility index (Phi) is 7.58. The van der Waals surface area contributed by atoms with Crippen molar-refractivity contribution in [3.8, 4) is 0 Å². The van der Waals surface area contributed by atoms with E-state index >= 15 is 0 Å². The van der Waals surface area contributed by atoms with E-state index in [0.717, 1.165) is 5.56 Å². The maximum atomic E-state index is 12.5. The number of amides is 4. The van der Waals surface area contributed by atoms with Gasteiger partial charge in [0.2, 0.25) is 11.9 Å². The summed E-state index contributed by atoms with van der Waals surface area (Å²) >= 11 is 0. The topological polar surface area (TPSA) is 111 Å². The number of benzene rings is 1. The third-order valence-corrected chi connectivity index (χ3v) is 5.23. The van der Waals surface area contributed by atoms with Crippen molar-refractivity contribution in [3.05, 3.63) is 47.8 Å². The molecule has 0 saturated carbocycles. The van der Waals surface area contributed by atoms with Gasteiger partial charge in [-0.1, -0.05) is 6.07 Å². The number of urea groups is 1. The van der Waals surface area contributed by atoms with Crippen LogP contribution in [0.25, 0.3) is 0 Å². The number of piperazine rings is 1. The number of hydrogen-bond acceptors (Lipinski definition) is 6.